The van der Waals surface area contributed by atoms with Crippen molar-refractivity contribution in [2.75, 3.05) is 5.32 Å². The topological polar surface area (TPSA) is 62.0 Å². The maximum Gasteiger partial charge on any atom is 0.248 e. The van der Waals surface area contributed by atoms with E-state index < -0.39 is 5.41 Å². The number of nitrogens with one attached hydrogen (secondary N) is 2. The first-order chi connectivity index (χ1) is 9.31. The number of rotatable bonds is 2. The van der Waals surface area contributed by atoms with Crippen molar-refractivity contribution in [3.8, 4) is 0 Å². The summed E-state index contributed by atoms with van der Waals surface area (Å²) < 4.78 is 0. The van der Waals surface area contributed by atoms with Crippen LogP contribution >= 0.6 is 0 Å². The number of carbonyl (C=O) groups is 1. The molecule has 0 spiro atoms. The first kappa shape index (κ1) is 14.3. The van der Waals surface area contributed by atoms with Crippen LogP contribution in [0.1, 0.15) is 33.3 Å². The number of amides is 1. The highest BCUT2D eigenvalue weighted by molar-refractivity contribution is 5.96. The monoisotopic (exact) mass is 272 g/mol. The lowest BCUT2D eigenvalue weighted by Gasteiger charge is -2.18. The summed E-state index contributed by atoms with van der Waals surface area (Å²) >= 11 is 0. The van der Waals surface area contributed by atoms with Crippen LogP contribution in [0, 0.1) is 5.41 Å². The lowest BCUT2D eigenvalue weighted by atomic mass is 9.95. The van der Waals surface area contributed by atoms with Crippen molar-refractivity contribution in [2.24, 2.45) is 5.41 Å². The number of hydrogen-bond donors (Lipinski definition) is 2. The summed E-state index contributed by atoms with van der Waals surface area (Å²) in [6.07, 6.45) is 0.800. The SMILES string of the molecule is CCc1cc(=O)[nH]c2cc(NC(=O)C(C)(C)C)ccc12. The maximum absolute atomic E-state index is 12.0. The molecule has 0 fully saturated rings. The molecule has 4 heteroatoms. The molecule has 0 saturated carbocycles. The van der Waals surface area contributed by atoms with Gasteiger partial charge in [0.05, 0.1) is 5.52 Å². The fourth-order valence-electron chi connectivity index (χ4n) is 2.02. The molecular weight excluding hydrogens is 252 g/mol. The number of pyridine rings is 1. The van der Waals surface area contributed by atoms with E-state index in [1.54, 1.807) is 12.1 Å². The molecule has 1 aromatic heterocycles. The van der Waals surface area contributed by atoms with Crippen molar-refractivity contribution < 1.29 is 4.79 Å². The summed E-state index contributed by atoms with van der Waals surface area (Å²) in [5, 5.41) is 3.88. The smallest absolute Gasteiger partial charge is 0.248 e. The highest BCUT2D eigenvalue weighted by Crippen LogP contribution is 2.22. The molecule has 0 aliphatic rings. The Morgan fingerprint density at radius 2 is 1.95 bits per heavy atom. The molecule has 0 bridgehead atoms. The molecule has 0 unspecified atom stereocenters. The molecule has 1 aromatic carbocycles. The van der Waals surface area contributed by atoms with Gasteiger partial charge in [-0.05, 0) is 24.1 Å². The molecule has 20 heavy (non-hydrogen) atoms. The van der Waals surface area contributed by atoms with Gasteiger partial charge in [-0.3, -0.25) is 9.59 Å². The Bertz CT molecular complexity index is 708. The Kier molecular flexibility index (Phi) is 3.66. The average molecular weight is 272 g/mol. The molecule has 0 aliphatic heterocycles. The zero-order chi connectivity index (χ0) is 14.9. The lowest BCUT2D eigenvalue weighted by molar-refractivity contribution is -0.123. The van der Waals surface area contributed by atoms with Crippen LogP contribution in [0.4, 0.5) is 5.69 Å². The Morgan fingerprint density at radius 3 is 2.55 bits per heavy atom. The van der Waals surface area contributed by atoms with Gasteiger partial charge >= 0.3 is 0 Å². The van der Waals surface area contributed by atoms with Crippen LogP contribution in [0.15, 0.2) is 29.1 Å². The molecule has 2 N–H and O–H groups in total. The first-order valence-corrected chi connectivity index (χ1v) is 6.78. The van der Waals surface area contributed by atoms with Crippen LogP contribution in [0.2, 0.25) is 0 Å². The van der Waals surface area contributed by atoms with Crippen molar-refractivity contribution in [1.29, 1.82) is 0 Å². The number of aromatic amines is 1. The second-order valence-electron chi connectivity index (χ2n) is 5.98. The molecular formula is C16H20N2O2. The average Bonchev–Trinajstić information content (AvgIpc) is 2.36. The van der Waals surface area contributed by atoms with E-state index in [4.69, 9.17) is 0 Å². The molecule has 2 aromatic rings. The summed E-state index contributed by atoms with van der Waals surface area (Å²) in [7, 11) is 0. The Balaban J connectivity index is 2.44. The van der Waals surface area contributed by atoms with Gasteiger partial charge in [-0.1, -0.05) is 33.8 Å². The van der Waals surface area contributed by atoms with Crippen LogP contribution in [-0.4, -0.2) is 10.9 Å². The quantitative estimate of drug-likeness (QED) is 0.882. The van der Waals surface area contributed by atoms with Gasteiger partial charge in [0, 0.05) is 22.6 Å². The number of anilines is 1. The van der Waals surface area contributed by atoms with Gasteiger partial charge in [-0.2, -0.15) is 0 Å². The molecule has 2 rings (SSSR count). The van der Waals surface area contributed by atoms with E-state index in [9.17, 15) is 9.59 Å². The van der Waals surface area contributed by atoms with Gasteiger partial charge in [0.25, 0.3) is 0 Å². The van der Waals surface area contributed by atoms with E-state index in [0.717, 1.165) is 22.9 Å². The number of fused-ring (bicyclic) bond motifs is 1. The Hall–Kier alpha value is -2.10. The Labute approximate surface area is 118 Å². The lowest BCUT2D eigenvalue weighted by Crippen LogP contribution is -2.27. The van der Waals surface area contributed by atoms with Gasteiger partial charge < -0.3 is 10.3 Å². The predicted octanol–water partition coefficient (Wildman–Crippen LogP) is 3.08. The molecule has 0 atom stereocenters. The fourth-order valence-corrected chi connectivity index (χ4v) is 2.02. The summed E-state index contributed by atoms with van der Waals surface area (Å²) in [6.45, 7) is 7.60. The zero-order valence-electron chi connectivity index (χ0n) is 12.3. The highest BCUT2D eigenvalue weighted by Gasteiger charge is 2.21. The molecule has 0 saturated heterocycles. The van der Waals surface area contributed by atoms with E-state index in [-0.39, 0.29) is 11.5 Å². The third-order valence-corrected chi connectivity index (χ3v) is 3.25. The second-order valence-corrected chi connectivity index (χ2v) is 5.98. The van der Waals surface area contributed by atoms with Crippen molar-refractivity contribution >= 4 is 22.5 Å². The molecule has 4 nitrogen and oxygen atoms in total. The number of aryl methyl sites for hydroxylation is 1. The molecule has 1 heterocycles. The minimum atomic E-state index is -0.451. The van der Waals surface area contributed by atoms with Gasteiger partial charge in [-0.25, -0.2) is 0 Å². The normalized spacial score (nSPS) is 11.6. The van der Waals surface area contributed by atoms with Crippen LogP contribution in [0.25, 0.3) is 10.9 Å². The molecule has 0 aliphatic carbocycles. The summed E-state index contributed by atoms with van der Waals surface area (Å²) in [5.74, 6) is -0.0501. The minimum absolute atomic E-state index is 0.0501. The van der Waals surface area contributed by atoms with E-state index in [1.807, 2.05) is 39.8 Å². The minimum Gasteiger partial charge on any atom is -0.326 e. The third kappa shape index (κ3) is 2.90. The van der Waals surface area contributed by atoms with E-state index in [0.29, 0.717) is 5.69 Å². The maximum atomic E-state index is 12.0. The number of hydrogen-bond acceptors (Lipinski definition) is 2. The summed E-state index contributed by atoms with van der Waals surface area (Å²) in [4.78, 5) is 26.4. The first-order valence-electron chi connectivity index (χ1n) is 6.78. The standard InChI is InChI=1S/C16H20N2O2/c1-5-10-8-14(19)18-13-9-11(6-7-12(10)13)17-15(20)16(2,3)4/h6-9H,5H2,1-4H3,(H,17,20)(H,18,19). The second kappa shape index (κ2) is 5.12. The van der Waals surface area contributed by atoms with Gasteiger partial charge in [-0.15, -0.1) is 0 Å². The van der Waals surface area contributed by atoms with Gasteiger partial charge in [0.1, 0.15) is 0 Å². The van der Waals surface area contributed by atoms with Crippen molar-refractivity contribution in [1.82, 2.24) is 4.98 Å². The van der Waals surface area contributed by atoms with Crippen LogP contribution in [-0.2, 0) is 11.2 Å². The largest absolute Gasteiger partial charge is 0.326 e. The van der Waals surface area contributed by atoms with E-state index >= 15 is 0 Å². The number of benzene rings is 1. The van der Waals surface area contributed by atoms with Crippen LogP contribution < -0.4 is 10.9 Å². The number of H-pyrrole nitrogens is 1. The summed E-state index contributed by atoms with van der Waals surface area (Å²) in [5.41, 5.74) is 1.89. The molecule has 1 amide bonds. The summed E-state index contributed by atoms with van der Waals surface area (Å²) in [6, 6.07) is 7.22. The van der Waals surface area contributed by atoms with Crippen LogP contribution in [0.5, 0.6) is 0 Å². The van der Waals surface area contributed by atoms with E-state index in [2.05, 4.69) is 10.3 Å². The highest BCUT2D eigenvalue weighted by atomic mass is 16.2. The number of aromatic nitrogens is 1. The Morgan fingerprint density at radius 1 is 1.25 bits per heavy atom. The van der Waals surface area contributed by atoms with Gasteiger partial charge in [0.2, 0.25) is 11.5 Å². The zero-order valence-corrected chi connectivity index (χ0v) is 12.3. The third-order valence-electron chi connectivity index (χ3n) is 3.25. The van der Waals surface area contributed by atoms with Crippen molar-refractivity contribution in [3.63, 3.8) is 0 Å². The van der Waals surface area contributed by atoms with Crippen LogP contribution in [0.3, 0.4) is 0 Å². The molecule has 106 valence electrons. The van der Waals surface area contributed by atoms with Crippen molar-refractivity contribution in [3.05, 3.63) is 40.2 Å². The van der Waals surface area contributed by atoms with Gasteiger partial charge in [0.15, 0.2) is 0 Å². The number of carbonyl (C=O) groups excluding carboxylic acids is 1. The van der Waals surface area contributed by atoms with Crippen molar-refractivity contribution in [2.45, 2.75) is 34.1 Å². The predicted molar refractivity (Wildman–Crippen MR) is 82.0 cm³/mol. The van der Waals surface area contributed by atoms with E-state index in [1.165, 1.54) is 0 Å². The molecule has 0 radical (unpaired) electrons. The fraction of sp³-hybridized carbons (Fsp3) is 0.375.